The van der Waals surface area contributed by atoms with Crippen LogP contribution < -0.4 is 5.73 Å². The average Bonchev–Trinajstić information content (AvgIpc) is 2.18. The third-order valence-corrected chi connectivity index (χ3v) is 1.90. The van der Waals surface area contributed by atoms with Gasteiger partial charge in [-0.25, -0.2) is 4.39 Å². The van der Waals surface area contributed by atoms with E-state index in [1.54, 1.807) is 0 Å². The molecule has 6 heteroatoms. The summed E-state index contributed by atoms with van der Waals surface area (Å²) in [4.78, 5) is 10.4. The standard InChI is InChI=1S/C9H9F2NO3/c10-7-4(3-5(12)9(14)15)1-2-6(13)8(7)11/h1-2,5,13H,3,12H2,(H,14,15). The van der Waals surface area contributed by atoms with Crippen LogP contribution in [0.3, 0.4) is 0 Å². The Morgan fingerprint density at radius 3 is 2.53 bits per heavy atom. The lowest BCUT2D eigenvalue weighted by molar-refractivity contribution is -0.138. The first-order valence-corrected chi connectivity index (χ1v) is 4.07. The first-order valence-electron chi connectivity index (χ1n) is 4.07. The van der Waals surface area contributed by atoms with Crippen molar-refractivity contribution < 1.29 is 23.8 Å². The van der Waals surface area contributed by atoms with Crippen molar-refractivity contribution in [3.05, 3.63) is 29.3 Å². The van der Waals surface area contributed by atoms with Gasteiger partial charge in [-0.2, -0.15) is 4.39 Å². The molecular formula is C9H9F2NO3. The minimum atomic E-state index is -1.40. The van der Waals surface area contributed by atoms with Crippen LogP contribution in [-0.4, -0.2) is 22.2 Å². The van der Waals surface area contributed by atoms with Gasteiger partial charge in [-0.15, -0.1) is 0 Å². The van der Waals surface area contributed by atoms with Crippen molar-refractivity contribution in [2.24, 2.45) is 5.73 Å². The maximum atomic E-state index is 13.1. The summed E-state index contributed by atoms with van der Waals surface area (Å²) in [7, 11) is 0. The monoisotopic (exact) mass is 217 g/mol. The number of carboxylic acids is 1. The van der Waals surface area contributed by atoms with E-state index in [9.17, 15) is 13.6 Å². The summed E-state index contributed by atoms with van der Waals surface area (Å²) in [5.41, 5.74) is 4.97. The van der Waals surface area contributed by atoms with Crippen molar-refractivity contribution in [3.63, 3.8) is 0 Å². The van der Waals surface area contributed by atoms with E-state index in [0.717, 1.165) is 12.1 Å². The first-order chi connectivity index (χ1) is 6.93. The largest absolute Gasteiger partial charge is 0.505 e. The van der Waals surface area contributed by atoms with E-state index < -0.39 is 29.4 Å². The van der Waals surface area contributed by atoms with Crippen LogP contribution in [0, 0.1) is 11.6 Å². The molecule has 0 heterocycles. The number of carbonyl (C=O) groups is 1. The Kier molecular flexibility index (Phi) is 3.21. The fraction of sp³-hybridized carbons (Fsp3) is 0.222. The minimum absolute atomic E-state index is 0.180. The van der Waals surface area contributed by atoms with Crippen LogP contribution in [0.5, 0.6) is 5.75 Å². The van der Waals surface area contributed by atoms with Gasteiger partial charge in [-0.3, -0.25) is 4.79 Å². The molecule has 4 nitrogen and oxygen atoms in total. The zero-order valence-electron chi connectivity index (χ0n) is 7.58. The predicted molar refractivity (Wildman–Crippen MR) is 47.3 cm³/mol. The lowest BCUT2D eigenvalue weighted by atomic mass is 10.1. The molecule has 0 aliphatic rings. The van der Waals surface area contributed by atoms with Crippen LogP contribution in [0.25, 0.3) is 0 Å². The Balaban J connectivity index is 2.97. The third-order valence-electron chi connectivity index (χ3n) is 1.90. The topological polar surface area (TPSA) is 83.5 Å². The molecular weight excluding hydrogens is 208 g/mol. The van der Waals surface area contributed by atoms with Crippen LogP contribution in [0.1, 0.15) is 5.56 Å². The van der Waals surface area contributed by atoms with E-state index >= 15 is 0 Å². The molecule has 4 N–H and O–H groups in total. The maximum Gasteiger partial charge on any atom is 0.320 e. The highest BCUT2D eigenvalue weighted by molar-refractivity contribution is 5.73. The number of halogens is 2. The maximum absolute atomic E-state index is 13.1. The minimum Gasteiger partial charge on any atom is -0.505 e. The second kappa shape index (κ2) is 4.22. The molecule has 0 spiro atoms. The molecule has 0 aliphatic carbocycles. The van der Waals surface area contributed by atoms with E-state index in [1.165, 1.54) is 0 Å². The van der Waals surface area contributed by atoms with Gasteiger partial charge in [0.1, 0.15) is 6.04 Å². The summed E-state index contributed by atoms with van der Waals surface area (Å²) in [5.74, 6) is -4.79. The fourth-order valence-electron chi connectivity index (χ4n) is 1.06. The lowest BCUT2D eigenvalue weighted by Crippen LogP contribution is -2.32. The summed E-state index contributed by atoms with van der Waals surface area (Å²) < 4.78 is 25.9. The molecule has 0 radical (unpaired) electrons. The molecule has 15 heavy (non-hydrogen) atoms. The van der Waals surface area contributed by atoms with E-state index in [1.807, 2.05) is 0 Å². The van der Waals surface area contributed by atoms with Gasteiger partial charge in [-0.1, -0.05) is 6.07 Å². The number of hydrogen-bond donors (Lipinski definition) is 3. The molecule has 0 saturated heterocycles. The number of nitrogens with two attached hydrogens (primary N) is 1. The molecule has 1 aromatic rings. The number of phenols is 1. The molecule has 0 bridgehead atoms. The van der Waals surface area contributed by atoms with Gasteiger partial charge < -0.3 is 15.9 Å². The number of rotatable bonds is 3. The van der Waals surface area contributed by atoms with Crippen LogP contribution in [0.4, 0.5) is 8.78 Å². The Bertz CT molecular complexity index is 395. The Hall–Kier alpha value is -1.69. The van der Waals surface area contributed by atoms with E-state index in [0.29, 0.717) is 0 Å². The van der Waals surface area contributed by atoms with Crippen LogP contribution >= 0.6 is 0 Å². The molecule has 1 unspecified atom stereocenters. The fourth-order valence-corrected chi connectivity index (χ4v) is 1.06. The van der Waals surface area contributed by atoms with Gasteiger partial charge in [0.25, 0.3) is 0 Å². The molecule has 82 valence electrons. The first kappa shape index (κ1) is 11.4. The van der Waals surface area contributed by atoms with Crippen molar-refractivity contribution in [1.82, 2.24) is 0 Å². The zero-order valence-corrected chi connectivity index (χ0v) is 7.58. The highest BCUT2D eigenvalue weighted by atomic mass is 19.2. The van der Waals surface area contributed by atoms with Gasteiger partial charge in [0, 0.05) is 6.42 Å². The van der Waals surface area contributed by atoms with Gasteiger partial charge >= 0.3 is 5.97 Å². The molecule has 1 aromatic carbocycles. The summed E-state index contributed by atoms with van der Waals surface area (Å²) in [5, 5.41) is 17.3. The van der Waals surface area contributed by atoms with Crippen molar-refractivity contribution in [3.8, 4) is 5.75 Å². The highest BCUT2D eigenvalue weighted by Crippen LogP contribution is 2.21. The van der Waals surface area contributed by atoms with E-state index in [2.05, 4.69) is 0 Å². The third kappa shape index (κ3) is 2.41. The van der Waals surface area contributed by atoms with Gasteiger partial charge in [0.15, 0.2) is 11.6 Å². The van der Waals surface area contributed by atoms with Crippen LogP contribution in [-0.2, 0) is 11.2 Å². The van der Waals surface area contributed by atoms with Gasteiger partial charge in [0.2, 0.25) is 5.82 Å². The Labute approximate surface area is 83.9 Å². The predicted octanol–water partition coefficient (Wildman–Crippen LogP) is 0.625. The smallest absolute Gasteiger partial charge is 0.320 e. The van der Waals surface area contributed by atoms with Gasteiger partial charge in [0.05, 0.1) is 0 Å². The molecule has 1 atom stereocenters. The second-order valence-corrected chi connectivity index (χ2v) is 3.02. The number of hydrogen-bond acceptors (Lipinski definition) is 3. The number of carboxylic acid groups (broad SMARTS) is 1. The van der Waals surface area contributed by atoms with Gasteiger partial charge in [-0.05, 0) is 11.6 Å². The molecule has 0 aromatic heterocycles. The number of aromatic hydroxyl groups is 1. The second-order valence-electron chi connectivity index (χ2n) is 3.02. The normalized spacial score (nSPS) is 12.5. The lowest BCUT2D eigenvalue weighted by Gasteiger charge is -2.08. The van der Waals surface area contributed by atoms with Crippen molar-refractivity contribution >= 4 is 5.97 Å². The van der Waals surface area contributed by atoms with Crippen molar-refractivity contribution in [2.75, 3.05) is 0 Å². The number of benzene rings is 1. The highest BCUT2D eigenvalue weighted by Gasteiger charge is 2.18. The van der Waals surface area contributed by atoms with E-state index in [4.69, 9.17) is 15.9 Å². The SMILES string of the molecule is NC(Cc1ccc(O)c(F)c1F)C(=O)O. The van der Waals surface area contributed by atoms with Crippen molar-refractivity contribution in [1.29, 1.82) is 0 Å². The Morgan fingerprint density at radius 1 is 1.40 bits per heavy atom. The number of phenolic OH excluding ortho intramolecular Hbond substituents is 1. The number of aliphatic carboxylic acids is 1. The zero-order chi connectivity index (χ0) is 11.6. The van der Waals surface area contributed by atoms with Crippen LogP contribution in [0.2, 0.25) is 0 Å². The molecule has 0 amide bonds. The quantitative estimate of drug-likeness (QED) is 0.693. The molecule has 1 rings (SSSR count). The molecule has 0 fully saturated rings. The summed E-state index contributed by atoms with van der Waals surface area (Å²) >= 11 is 0. The van der Waals surface area contributed by atoms with Crippen LogP contribution in [0.15, 0.2) is 12.1 Å². The van der Waals surface area contributed by atoms with Crippen molar-refractivity contribution in [2.45, 2.75) is 12.5 Å². The summed E-state index contributed by atoms with van der Waals surface area (Å²) in [6.07, 6.45) is -0.335. The average molecular weight is 217 g/mol. The molecule has 0 aliphatic heterocycles. The van der Waals surface area contributed by atoms with E-state index in [-0.39, 0.29) is 12.0 Å². The summed E-state index contributed by atoms with van der Waals surface area (Å²) in [6, 6.07) is 0.738. The molecule has 0 saturated carbocycles. The Morgan fingerprint density at radius 2 is 2.00 bits per heavy atom. The summed E-state index contributed by atoms with van der Waals surface area (Å²) in [6.45, 7) is 0.